The average Bonchev–Trinajstić information content (AvgIpc) is 2.41. The fourth-order valence-electron chi connectivity index (χ4n) is 1.29. The molecule has 0 aromatic carbocycles. The van der Waals surface area contributed by atoms with Gasteiger partial charge in [-0.05, 0) is 0 Å². The minimum Gasteiger partial charge on any atom is -0.314 e. The van der Waals surface area contributed by atoms with Crippen molar-refractivity contribution in [3.63, 3.8) is 0 Å². The third-order valence-corrected chi connectivity index (χ3v) is 3.25. The van der Waals surface area contributed by atoms with E-state index in [1.807, 2.05) is 0 Å². The zero-order chi connectivity index (χ0) is 7.14. The smallest absolute Gasteiger partial charge is 0.162 e. The minimum atomic E-state index is -0.0681. The van der Waals surface area contributed by atoms with Crippen molar-refractivity contribution in [2.45, 2.75) is 17.5 Å². The van der Waals surface area contributed by atoms with Crippen molar-refractivity contribution in [2.24, 2.45) is 5.73 Å². The van der Waals surface area contributed by atoms with E-state index in [1.165, 1.54) is 0 Å². The standard InChI is InChI=1S/C5H9N3OS/c6-5-4-3(7-8-5)2(9)1-10-4/h3-5,7-8H,1,6H2/t3-,4+,5-/m1/s1. The molecule has 0 saturated carbocycles. The summed E-state index contributed by atoms with van der Waals surface area (Å²) in [5, 5.41) is 0.243. The number of nitrogens with two attached hydrogens (primary N) is 1. The molecule has 2 fully saturated rings. The molecule has 0 aromatic heterocycles. The van der Waals surface area contributed by atoms with Crippen molar-refractivity contribution < 1.29 is 4.79 Å². The maximum Gasteiger partial charge on any atom is 0.162 e. The molecule has 2 heterocycles. The summed E-state index contributed by atoms with van der Waals surface area (Å²) in [5.41, 5.74) is 11.3. The molecule has 0 aliphatic carbocycles. The normalized spacial score (nSPS) is 46.1. The van der Waals surface area contributed by atoms with E-state index in [0.717, 1.165) is 0 Å². The van der Waals surface area contributed by atoms with Gasteiger partial charge >= 0.3 is 0 Å². The summed E-state index contributed by atoms with van der Waals surface area (Å²) in [5.74, 6) is 0.869. The summed E-state index contributed by atoms with van der Waals surface area (Å²) >= 11 is 1.63. The molecule has 0 amide bonds. The van der Waals surface area contributed by atoms with Crippen molar-refractivity contribution in [1.82, 2.24) is 10.9 Å². The van der Waals surface area contributed by atoms with E-state index < -0.39 is 0 Å². The first-order chi connectivity index (χ1) is 4.79. The highest BCUT2D eigenvalue weighted by Crippen LogP contribution is 2.27. The molecule has 0 unspecified atom stereocenters. The van der Waals surface area contributed by atoms with Crippen LogP contribution in [0.15, 0.2) is 0 Å². The third kappa shape index (κ3) is 0.784. The van der Waals surface area contributed by atoms with Gasteiger partial charge < -0.3 is 5.73 Å². The molecule has 2 rings (SSSR count). The highest BCUT2D eigenvalue weighted by atomic mass is 32.2. The lowest BCUT2D eigenvalue weighted by Crippen LogP contribution is -2.40. The fraction of sp³-hybridized carbons (Fsp3) is 0.800. The molecule has 2 saturated heterocycles. The van der Waals surface area contributed by atoms with E-state index >= 15 is 0 Å². The Hall–Kier alpha value is -0.100. The van der Waals surface area contributed by atoms with Gasteiger partial charge in [0, 0.05) is 0 Å². The zero-order valence-electron chi connectivity index (χ0n) is 5.33. The van der Waals surface area contributed by atoms with Crippen molar-refractivity contribution in [1.29, 1.82) is 0 Å². The number of thioether (sulfide) groups is 1. The topological polar surface area (TPSA) is 67.2 Å². The second kappa shape index (κ2) is 2.20. The number of rotatable bonds is 0. The SMILES string of the molecule is N[C@@H]1NN[C@@H]2C(=O)CS[C@H]12. The predicted octanol–water partition coefficient (Wildman–Crippen LogP) is -1.57. The summed E-state index contributed by atoms with van der Waals surface area (Å²) in [6.07, 6.45) is -0.0681. The molecule has 5 heteroatoms. The van der Waals surface area contributed by atoms with Crippen molar-refractivity contribution >= 4 is 17.5 Å². The largest absolute Gasteiger partial charge is 0.314 e. The van der Waals surface area contributed by atoms with Crippen LogP contribution in [0.5, 0.6) is 0 Å². The first-order valence-corrected chi connectivity index (χ1v) is 4.25. The molecule has 10 heavy (non-hydrogen) atoms. The van der Waals surface area contributed by atoms with Crippen LogP contribution >= 0.6 is 11.8 Å². The van der Waals surface area contributed by atoms with Crippen LogP contribution < -0.4 is 16.6 Å². The lowest BCUT2D eigenvalue weighted by molar-refractivity contribution is -0.117. The van der Waals surface area contributed by atoms with Gasteiger partial charge in [0.1, 0.15) is 0 Å². The molecule has 2 aliphatic rings. The highest BCUT2D eigenvalue weighted by Gasteiger charge is 2.43. The lowest BCUT2D eigenvalue weighted by Gasteiger charge is -2.07. The summed E-state index contributed by atoms with van der Waals surface area (Å²) in [4.78, 5) is 11.0. The monoisotopic (exact) mass is 159 g/mol. The molecule has 4 N–H and O–H groups in total. The Labute approximate surface area is 62.9 Å². The van der Waals surface area contributed by atoms with Crippen LogP contribution in [0.3, 0.4) is 0 Å². The molecule has 3 atom stereocenters. The van der Waals surface area contributed by atoms with Crippen LogP contribution in [0.1, 0.15) is 0 Å². The van der Waals surface area contributed by atoms with Crippen LogP contribution in [0.4, 0.5) is 0 Å². The van der Waals surface area contributed by atoms with Gasteiger partial charge in [0.15, 0.2) is 5.78 Å². The van der Waals surface area contributed by atoms with E-state index in [-0.39, 0.29) is 23.2 Å². The maximum absolute atomic E-state index is 11.0. The zero-order valence-corrected chi connectivity index (χ0v) is 6.15. The molecule has 0 spiro atoms. The van der Waals surface area contributed by atoms with E-state index in [4.69, 9.17) is 5.73 Å². The number of hydrogen-bond acceptors (Lipinski definition) is 5. The van der Waals surface area contributed by atoms with Crippen LogP contribution in [-0.2, 0) is 4.79 Å². The van der Waals surface area contributed by atoms with Gasteiger partial charge in [0.2, 0.25) is 0 Å². The molecular weight excluding hydrogens is 150 g/mol. The number of nitrogens with one attached hydrogen (secondary N) is 2. The van der Waals surface area contributed by atoms with Gasteiger partial charge in [-0.3, -0.25) is 4.79 Å². The van der Waals surface area contributed by atoms with Gasteiger partial charge in [0.25, 0.3) is 0 Å². The Kier molecular flexibility index (Phi) is 1.45. The van der Waals surface area contributed by atoms with Gasteiger partial charge in [-0.1, -0.05) is 0 Å². The quantitative estimate of drug-likeness (QED) is 0.398. The Morgan fingerprint density at radius 1 is 1.60 bits per heavy atom. The van der Waals surface area contributed by atoms with Crippen molar-refractivity contribution in [3.05, 3.63) is 0 Å². The van der Waals surface area contributed by atoms with Crippen LogP contribution in [0.25, 0.3) is 0 Å². The average molecular weight is 159 g/mol. The highest BCUT2D eigenvalue weighted by molar-refractivity contribution is 8.01. The number of hydrogen-bond donors (Lipinski definition) is 3. The van der Waals surface area contributed by atoms with Crippen LogP contribution in [0, 0.1) is 0 Å². The van der Waals surface area contributed by atoms with Gasteiger partial charge in [0.05, 0.1) is 23.2 Å². The van der Waals surface area contributed by atoms with Gasteiger partial charge in [-0.2, -0.15) is 0 Å². The van der Waals surface area contributed by atoms with E-state index in [0.29, 0.717) is 5.75 Å². The first kappa shape index (κ1) is 6.60. The van der Waals surface area contributed by atoms with Crippen LogP contribution in [-0.4, -0.2) is 29.0 Å². The Morgan fingerprint density at radius 2 is 2.40 bits per heavy atom. The second-order valence-corrected chi connectivity index (χ2v) is 3.70. The summed E-state index contributed by atoms with van der Waals surface area (Å²) in [6.45, 7) is 0. The number of hydrazine groups is 1. The molecular formula is C5H9N3OS. The number of carbonyl (C=O) groups is 1. The molecule has 0 bridgehead atoms. The maximum atomic E-state index is 11.0. The molecule has 0 aromatic rings. The predicted molar refractivity (Wildman–Crippen MR) is 39.3 cm³/mol. The second-order valence-electron chi connectivity index (χ2n) is 2.53. The van der Waals surface area contributed by atoms with Crippen molar-refractivity contribution in [3.8, 4) is 0 Å². The third-order valence-electron chi connectivity index (χ3n) is 1.85. The summed E-state index contributed by atoms with van der Waals surface area (Å²) in [7, 11) is 0. The first-order valence-electron chi connectivity index (χ1n) is 3.20. The van der Waals surface area contributed by atoms with E-state index in [9.17, 15) is 4.79 Å². The Bertz CT molecular complexity index is 174. The summed E-state index contributed by atoms with van der Waals surface area (Å²) < 4.78 is 0. The lowest BCUT2D eigenvalue weighted by atomic mass is 10.1. The van der Waals surface area contributed by atoms with Crippen molar-refractivity contribution in [2.75, 3.05) is 5.75 Å². The Balaban J connectivity index is 2.16. The number of carbonyl (C=O) groups excluding carboxylic acids is 1. The summed E-state index contributed by atoms with van der Waals surface area (Å²) in [6, 6.07) is -0.0417. The van der Waals surface area contributed by atoms with E-state index in [1.54, 1.807) is 11.8 Å². The number of fused-ring (bicyclic) bond motifs is 1. The Morgan fingerprint density at radius 3 is 3.10 bits per heavy atom. The molecule has 0 radical (unpaired) electrons. The minimum absolute atomic E-state index is 0.0417. The molecule has 56 valence electrons. The fourth-order valence-corrected chi connectivity index (χ4v) is 2.51. The van der Waals surface area contributed by atoms with Crippen LogP contribution in [0.2, 0.25) is 0 Å². The van der Waals surface area contributed by atoms with E-state index in [2.05, 4.69) is 10.9 Å². The van der Waals surface area contributed by atoms with Gasteiger partial charge in [-0.25, -0.2) is 10.9 Å². The number of Topliss-reactive ketones (excluding diaryl/α,β-unsaturated/α-hetero) is 1. The molecule has 2 aliphatic heterocycles. The number of ketones is 1. The van der Waals surface area contributed by atoms with Gasteiger partial charge in [-0.15, -0.1) is 11.8 Å². The molecule has 4 nitrogen and oxygen atoms in total.